The molecule has 0 radical (unpaired) electrons. The number of aromatic nitrogens is 1. The molecule has 3 rings (SSSR count). The molecule has 0 unspecified atom stereocenters. The Bertz CT molecular complexity index is 879. The molecule has 0 bridgehead atoms. The Labute approximate surface area is 159 Å². The number of hydrogen-bond donors (Lipinski definition) is 1. The van der Waals surface area contributed by atoms with Gasteiger partial charge in [-0.15, -0.1) is 0 Å². The third kappa shape index (κ3) is 5.03. The maximum atomic E-state index is 12.1. The lowest BCUT2D eigenvalue weighted by Crippen LogP contribution is -2.19. The Morgan fingerprint density at radius 1 is 1.28 bits per heavy atom. The summed E-state index contributed by atoms with van der Waals surface area (Å²) in [4.78, 5) is 16.5. The number of rotatable bonds is 7. The molecule has 3 aromatic rings. The lowest BCUT2D eigenvalue weighted by atomic mass is 10.1. The maximum Gasteiger partial charge on any atom is 0.264 e. The van der Waals surface area contributed by atoms with Crippen LogP contribution in [0.3, 0.4) is 0 Å². The van der Waals surface area contributed by atoms with Crippen LogP contribution in [0.4, 0.5) is 5.13 Å². The number of aryl methyl sites for hydroxylation is 1. The van der Waals surface area contributed by atoms with E-state index in [9.17, 15) is 4.79 Å². The zero-order valence-electron chi connectivity index (χ0n) is 13.9. The van der Waals surface area contributed by atoms with Crippen LogP contribution >= 0.6 is 27.3 Å². The summed E-state index contributed by atoms with van der Waals surface area (Å²) >= 11 is 4.87. The molecule has 4 nitrogen and oxygen atoms in total. The fraction of sp³-hybridized carbons (Fsp3) is 0.263. The summed E-state index contributed by atoms with van der Waals surface area (Å²) in [5.41, 5.74) is 2.22. The highest BCUT2D eigenvalue weighted by atomic mass is 79.9. The summed E-state index contributed by atoms with van der Waals surface area (Å²) in [6, 6.07) is 13.7. The van der Waals surface area contributed by atoms with Crippen molar-refractivity contribution >= 4 is 48.5 Å². The number of halogens is 1. The fourth-order valence-electron chi connectivity index (χ4n) is 2.42. The first-order valence-corrected chi connectivity index (χ1v) is 9.82. The van der Waals surface area contributed by atoms with E-state index in [0.29, 0.717) is 10.9 Å². The second-order valence-electron chi connectivity index (χ2n) is 5.72. The predicted molar refractivity (Wildman–Crippen MR) is 106 cm³/mol. The van der Waals surface area contributed by atoms with Gasteiger partial charge in [-0.25, -0.2) is 4.98 Å². The van der Waals surface area contributed by atoms with Gasteiger partial charge in [-0.05, 0) is 48.7 Å². The van der Waals surface area contributed by atoms with Crippen LogP contribution in [0.15, 0.2) is 46.9 Å². The first-order chi connectivity index (χ1) is 12.1. The number of benzene rings is 2. The van der Waals surface area contributed by atoms with Crippen molar-refractivity contribution in [2.24, 2.45) is 0 Å². The smallest absolute Gasteiger partial charge is 0.264 e. The molecule has 1 aromatic heterocycles. The number of anilines is 1. The SMILES string of the molecule is CCCCc1ccc2nc(NC(=O)COc3cccc(Br)c3)sc2c1. The van der Waals surface area contributed by atoms with E-state index in [2.05, 4.69) is 45.3 Å². The normalized spacial score (nSPS) is 10.8. The third-order valence-corrected chi connectivity index (χ3v) is 5.11. The number of hydrogen-bond acceptors (Lipinski definition) is 4. The van der Waals surface area contributed by atoms with Crippen molar-refractivity contribution in [3.63, 3.8) is 0 Å². The van der Waals surface area contributed by atoms with Gasteiger partial charge in [0.2, 0.25) is 0 Å². The van der Waals surface area contributed by atoms with Gasteiger partial charge >= 0.3 is 0 Å². The van der Waals surface area contributed by atoms with Gasteiger partial charge in [0.15, 0.2) is 11.7 Å². The molecule has 0 aliphatic rings. The molecular weight excluding hydrogens is 400 g/mol. The molecule has 1 heterocycles. The standard InChI is InChI=1S/C19H19BrN2O2S/c1-2-3-5-13-8-9-16-17(10-13)25-19(21-16)22-18(23)12-24-15-7-4-6-14(20)11-15/h4,6-11H,2-3,5,12H2,1H3,(H,21,22,23). The minimum atomic E-state index is -0.217. The molecule has 0 aliphatic heterocycles. The summed E-state index contributed by atoms with van der Waals surface area (Å²) in [5, 5.41) is 3.41. The summed E-state index contributed by atoms with van der Waals surface area (Å²) in [5.74, 6) is 0.430. The number of nitrogens with zero attached hydrogens (tertiary/aromatic N) is 1. The van der Waals surface area contributed by atoms with Crippen LogP contribution in [-0.2, 0) is 11.2 Å². The van der Waals surface area contributed by atoms with Crippen molar-refractivity contribution in [1.82, 2.24) is 4.98 Å². The number of nitrogens with one attached hydrogen (secondary N) is 1. The molecule has 0 atom stereocenters. The highest BCUT2D eigenvalue weighted by Crippen LogP contribution is 2.27. The zero-order chi connectivity index (χ0) is 17.6. The number of fused-ring (bicyclic) bond motifs is 1. The average Bonchev–Trinajstić information content (AvgIpc) is 2.99. The Morgan fingerprint density at radius 2 is 2.16 bits per heavy atom. The van der Waals surface area contributed by atoms with E-state index in [1.54, 1.807) is 0 Å². The van der Waals surface area contributed by atoms with Gasteiger partial charge < -0.3 is 4.74 Å². The molecule has 25 heavy (non-hydrogen) atoms. The van der Waals surface area contributed by atoms with Crippen LogP contribution in [0.2, 0.25) is 0 Å². The van der Waals surface area contributed by atoms with Gasteiger partial charge in [0.05, 0.1) is 10.2 Å². The number of carbonyl (C=O) groups is 1. The average molecular weight is 419 g/mol. The quantitative estimate of drug-likeness (QED) is 0.557. The van der Waals surface area contributed by atoms with Crippen molar-refractivity contribution in [1.29, 1.82) is 0 Å². The van der Waals surface area contributed by atoms with Crippen LogP contribution in [0.25, 0.3) is 10.2 Å². The summed E-state index contributed by atoms with van der Waals surface area (Å²) < 4.78 is 7.50. The van der Waals surface area contributed by atoms with Crippen LogP contribution in [0.5, 0.6) is 5.75 Å². The van der Waals surface area contributed by atoms with Gasteiger partial charge in [0, 0.05) is 4.47 Å². The first kappa shape index (κ1) is 17.9. The predicted octanol–water partition coefficient (Wildman–Crippen LogP) is 5.42. The maximum absolute atomic E-state index is 12.1. The number of ether oxygens (including phenoxy) is 1. The second kappa shape index (κ2) is 8.45. The Morgan fingerprint density at radius 3 is 2.96 bits per heavy atom. The van der Waals surface area contributed by atoms with E-state index in [1.807, 2.05) is 30.3 Å². The molecule has 130 valence electrons. The van der Waals surface area contributed by atoms with E-state index in [0.717, 1.165) is 21.1 Å². The monoisotopic (exact) mass is 418 g/mol. The molecule has 0 fully saturated rings. The topological polar surface area (TPSA) is 51.2 Å². The van der Waals surface area contributed by atoms with Gasteiger partial charge in [0.25, 0.3) is 5.91 Å². The molecule has 2 aromatic carbocycles. The number of amides is 1. The first-order valence-electron chi connectivity index (χ1n) is 8.21. The largest absolute Gasteiger partial charge is 0.484 e. The molecule has 0 saturated heterocycles. The van der Waals surface area contributed by atoms with Gasteiger partial charge in [0.1, 0.15) is 5.75 Å². The number of carbonyl (C=O) groups excluding carboxylic acids is 1. The van der Waals surface area contributed by atoms with Crippen molar-refractivity contribution in [3.05, 3.63) is 52.5 Å². The molecule has 6 heteroatoms. The Hall–Kier alpha value is -1.92. The lowest BCUT2D eigenvalue weighted by molar-refractivity contribution is -0.118. The third-order valence-electron chi connectivity index (χ3n) is 3.68. The van der Waals surface area contributed by atoms with Gasteiger partial charge in [-0.3, -0.25) is 10.1 Å². The van der Waals surface area contributed by atoms with Crippen LogP contribution < -0.4 is 10.1 Å². The molecule has 0 aliphatic carbocycles. The van der Waals surface area contributed by atoms with Gasteiger partial charge in [-0.1, -0.05) is 52.7 Å². The lowest BCUT2D eigenvalue weighted by Gasteiger charge is -2.05. The number of unbranched alkanes of at least 4 members (excludes halogenated alkanes) is 1. The minimum Gasteiger partial charge on any atom is -0.484 e. The molecule has 0 saturated carbocycles. The van der Waals surface area contributed by atoms with E-state index >= 15 is 0 Å². The highest BCUT2D eigenvalue weighted by molar-refractivity contribution is 9.10. The summed E-state index contributed by atoms with van der Waals surface area (Å²) in [6.07, 6.45) is 3.44. The number of thiazole rings is 1. The molecule has 1 amide bonds. The van der Waals surface area contributed by atoms with Crippen molar-refractivity contribution < 1.29 is 9.53 Å². The molecule has 1 N–H and O–H groups in total. The van der Waals surface area contributed by atoms with Crippen molar-refractivity contribution in [3.8, 4) is 5.75 Å². The minimum absolute atomic E-state index is 0.0475. The highest BCUT2D eigenvalue weighted by Gasteiger charge is 2.09. The van der Waals surface area contributed by atoms with E-state index in [1.165, 1.54) is 29.7 Å². The van der Waals surface area contributed by atoms with Gasteiger partial charge in [-0.2, -0.15) is 0 Å². The van der Waals surface area contributed by atoms with E-state index in [-0.39, 0.29) is 12.5 Å². The van der Waals surface area contributed by atoms with E-state index in [4.69, 9.17) is 4.74 Å². The van der Waals surface area contributed by atoms with Crippen molar-refractivity contribution in [2.45, 2.75) is 26.2 Å². The summed E-state index contributed by atoms with van der Waals surface area (Å²) in [7, 11) is 0. The van der Waals surface area contributed by atoms with Crippen LogP contribution in [0.1, 0.15) is 25.3 Å². The Kier molecular flexibility index (Phi) is 6.04. The van der Waals surface area contributed by atoms with Crippen molar-refractivity contribution in [2.75, 3.05) is 11.9 Å². The zero-order valence-corrected chi connectivity index (χ0v) is 16.3. The van der Waals surface area contributed by atoms with Crippen LogP contribution in [0, 0.1) is 0 Å². The second-order valence-corrected chi connectivity index (χ2v) is 7.67. The molecular formula is C19H19BrN2O2S. The van der Waals surface area contributed by atoms with E-state index < -0.39 is 0 Å². The molecule has 0 spiro atoms. The van der Waals surface area contributed by atoms with Crippen LogP contribution in [-0.4, -0.2) is 17.5 Å². The Balaban J connectivity index is 1.60. The summed E-state index contributed by atoms with van der Waals surface area (Å²) in [6.45, 7) is 2.14. The fourth-order valence-corrected chi connectivity index (χ4v) is 3.74.